The number of hydrogen-bond donors (Lipinski definition) is 0. The average Bonchev–Trinajstić information content (AvgIpc) is 2.72. The number of carbonyl (C=O) groups is 2. The second-order valence-corrected chi connectivity index (χ2v) is 6.97. The molecule has 1 aliphatic carbocycles. The van der Waals surface area contributed by atoms with Gasteiger partial charge >= 0.3 is 5.69 Å². The molecule has 0 amide bonds. The monoisotopic (exact) mass is 390 g/mol. The summed E-state index contributed by atoms with van der Waals surface area (Å²) in [4.78, 5) is 57.4. The molecule has 0 spiro atoms. The summed E-state index contributed by atoms with van der Waals surface area (Å²) < 4.78 is 2.11. The number of carbonyl (C=O) groups excluding carboxylic acids is 2. The highest BCUT2D eigenvalue weighted by Crippen LogP contribution is 2.30. The van der Waals surface area contributed by atoms with E-state index in [0.717, 1.165) is 10.3 Å². The van der Waals surface area contributed by atoms with Gasteiger partial charge in [-0.2, -0.15) is 0 Å². The van der Waals surface area contributed by atoms with Crippen LogP contribution in [0.2, 0.25) is 0 Å². The molecule has 2 aromatic heterocycles. The molecule has 0 atom stereocenters. The van der Waals surface area contributed by atoms with Crippen LogP contribution in [-0.2, 0) is 14.1 Å². The lowest BCUT2D eigenvalue weighted by atomic mass is 9.89. The maximum atomic E-state index is 13.3. The summed E-state index contributed by atoms with van der Waals surface area (Å²) in [6.45, 7) is 1.59. The number of nitrogens with zero attached hydrogens (tertiary/aromatic N) is 4. The van der Waals surface area contributed by atoms with E-state index in [1.807, 2.05) is 30.3 Å². The van der Waals surface area contributed by atoms with E-state index < -0.39 is 22.8 Å². The average molecular weight is 390 g/mol. The molecule has 29 heavy (non-hydrogen) atoms. The molecule has 0 radical (unpaired) electrons. The Labute approximate surface area is 165 Å². The topological polar surface area (TPSA) is 94.3 Å². The Morgan fingerprint density at radius 1 is 0.931 bits per heavy atom. The van der Waals surface area contributed by atoms with Crippen molar-refractivity contribution < 1.29 is 9.59 Å². The summed E-state index contributed by atoms with van der Waals surface area (Å²) in [6.07, 6.45) is 1.24. The van der Waals surface area contributed by atoms with Crippen molar-refractivity contribution in [1.82, 2.24) is 14.1 Å². The van der Waals surface area contributed by atoms with E-state index in [1.54, 1.807) is 18.9 Å². The maximum Gasteiger partial charge on any atom is 0.332 e. The first kappa shape index (κ1) is 18.5. The van der Waals surface area contributed by atoms with E-state index in [2.05, 4.69) is 4.98 Å². The van der Waals surface area contributed by atoms with Gasteiger partial charge in [0.25, 0.3) is 5.56 Å². The Bertz CT molecular complexity index is 1360. The zero-order valence-corrected chi connectivity index (χ0v) is 16.4. The number of benzene rings is 1. The van der Waals surface area contributed by atoms with Gasteiger partial charge in [-0.1, -0.05) is 18.2 Å². The van der Waals surface area contributed by atoms with Gasteiger partial charge in [0, 0.05) is 32.9 Å². The van der Waals surface area contributed by atoms with Crippen LogP contribution in [0.5, 0.6) is 0 Å². The SMILES string of the molecule is Cc1nc2c(c3c1C(=O)C(N(C)c1ccccc1)=CC3=O)c(=O)n(C)c(=O)n2C. The third kappa shape index (κ3) is 2.56. The molecule has 1 aromatic carbocycles. The van der Waals surface area contributed by atoms with Crippen molar-refractivity contribution in [3.63, 3.8) is 0 Å². The first-order chi connectivity index (χ1) is 13.7. The van der Waals surface area contributed by atoms with E-state index in [4.69, 9.17) is 0 Å². The minimum Gasteiger partial charge on any atom is -0.341 e. The number of anilines is 1. The first-order valence-electron chi connectivity index (χ1n) is 8.94. The van der Waals surface area contributed by atoms with Crippen molar-refractivity contribution in [2.24, 2.45) is 14.1 Å². The fourth-order valence-electron chi connectivity index (χ4n) is 3.66. The second kappa shape index (κ2) is 6.37. The Kier molecular flexibility index (Phi) is 4.07. The zero-order valence-electron chi connectivity index (χ0n) is 16.4. The van der Waals surface area contributed by atoms with E-state index >= 15 is 0 Å². The number of fused-ring (bicyclic) bond motifs is 3. The summed E-state index contributed by atoms with van der Waals surface area (Å²) in [5.74, 6) is -0.864. The smallest absolute Gasteiger partial charge is 0.332 e. The molecule has 0 bridgehead atoms. The first-order valence-corrected chi connectivity index (χ1v) is 8.94. The predicted molar refractivity (Wildman–Crippen MR) is 109 cm³/mol. The van der Waals surface area contributed by atoms with Crippen molar-refractivity contribution in [1.29, 1.82) is 0 Å². The van der Waals surface area contributed by atoms with Gasteiger partial charge in [0.2, 0.25) is 5.78 Å². The highest BCUT2D eigenvalue weighted by molar-refractivity contribution is 6.29. The van der Waals surface area contributed by atoms with Gasteiger partial charge in [-0.3, -0.25) is 23.5 Å². The summed E-state index contributed by atoms with van der Waals surface area (Å²) in [7, 11) is 4.50. The molecule has 0 saturated carbocycles. The van der Waals surface area contributed by atoms with Gasteiger partial charge in [-0.05, 0) is 19.1 Å². The largest absolute Gasteiger partial charge is 0.341 e. The number of aryl methyl sites for hydroxylation is 2. The molecule has 0 saturated heterocycles. The molecule has 0 aliphatic heterocycles. The zero-order chi connectivity index (χ0) is 21.0. The number of ketones is 2. The normalized spacial score (nSPS) is 13.4. The molecular weight excluding hydrogens is 372 g/mol. The second-order valence-electron chi connectivity index (χ2n) is 6.97. The molecule has 3 aromatic rings. The van der Waals surface area contributed by atoms with Crippen molar-refractivity contribution in [3.05, 3.63) is 79.8 Å². The molecule has 146 valence electrons. The van der Waals surface area contributed by atoms with Crippen LogP contribution in [0.15, 0.2) is 51.7 Å². The van der Waals surface area contributed by atoms with E-state index in [0.29, 0.717) is 5.69 Å². The standard InChI is InChI=1S/C21H18N4O4/c1-11-15-16(17-19(22-11)24(3)21(29)25(4)20(17)28)14(26)10-13(18(15)27)23(2)12-8-6-5-7-9-12/h5-10H,1-4H3. The van der Waals surface area contributed by atoms with E-state index in [-0.39, 0.29) is 27.9 Å². The van der Waals surface area contributed by atoms with Crippen LogP contribution in [-0.4, -0.2) is 32.7 Å². The molecule has 0 fully saturated rings. The van der Waals surface area contributed by atoms with E-state index in [1.165, 1.54) is 24.7 Å². The highest BCUT2D eigenvalue weighted by atomic mass is 16.2. The summed E-state index contributed by atoms with van der Waals surface area (Å²) in [5.41, 5.74) is 0.209. The number of allylic oxidation sites excluding steroid dienone is 2. The Morgan fingerprint density at radius 2 is 1.59 bits per heavy atom. The third-order valence-corrected chi connectivity index (χ3v) is 5.25. The summed E-state index contributed by atoms with van der Waals surface area (Å²) in [6, 6.07) is 9.17. The van der Waals surface area contributed by atoms with Crippen LogP contribution in [0.4, 0.5) is 5.69 Å². The van der Waals surface area contributed by atoms with Crippen LogP contribution in [0.25, 0.3) is 11.0 Å². The van der Waals surface area contributed by atoms with Gasteiger partial charge in [-0.25, -0.2) is 9.78 Å². The van der Waals surface area contributed by atoms with Crippen LogP contribution >= 0.6 is 0 Å². The van der Waals surface area contributed by atoms with Crippen LogP contribution in [0.1, 0.15) is 26.4 Å². The summed E-state index contributed by atoms with van der Waals surface area (Å²) in [5, 5.41) is -0.0220. The molecule has 2 heterocycles. The third-order valence-electron chi connectivity index (χ3n) is 5.25. The minimum atomic E-state index is -0.652. The number of Topliss-reactive ketones (excluding diaryl/α,β-unsaturated/α-hetero) is 1. The van der Waals surface area contributed by atoms with Crippen molar-refractivity contribution in [2.75, 3.05) is 11.9 Å². The fraction of sp³-hybridized carbons (Fsp3) is 0.190. The number of pyridine rings is 1. The maximum absolute atomic E-state index is 13.3. The molecule has 1 aliphatic rings. The lowest BCUT2D eigenvalue weighted by Crippen LogP contribution is -2.39. The lowest BCUT2D eigenvalue weighted by Gasteiger charge is -2.26. The number of para-hydroxylation sites is 1. The van der Waals surface area contributed by atoms with Crippen molar-refractivity contribution in [3.8, 4) is 0 Å². The number of aromatic nitrogens is 3. The van der Waals surface area contributed by atoms with Gasteiger partial charge < -0.3 is 4.90 Å². The van der Waals surface area contributed by atoms with Gasteiger partial charge in [0.05, 0.1) is 27.9 Å². The van der Waals surface area contributed by atoms with Crippen molar-refractivity contribution >= 4 is 28.3 Å². The Morgan fingerprint density at radius 3 is 2.24 bits per heavy atom. The Balaban J connectivity index is 2.03. The predicted octanol–water partition coefficient (Wildman–Crippen LogP) is 1.34. The molecule has 8 heteroatoms. The van der Waals surface area contributed by atoms with E-state index in [9.17, 15) is 19.2 Å². The molecule has 0 unspecified atom stereocenters. The molecule has 0 N–H and O–H groups in total. The van der Waals surface area contributed by atoms with Crippen LogP contribution in [0.3, 0.4) is 0 Å². The number of rotatable bonds is 2. The molecular formula is C21H18N4O4. The van der Waals surface area contributed by atoms with Gasteiger partial charge in [0.15, 0.2) is 5.78 Å². The Hall–Kier alpha value is -3.81. The number of likely N-dealkylation sites (N-methyl/N-ethyl adjacent to an activating group) is 1. The molecule has 8 nitrogen and oxygen atoms in total. The van der Waals surface area contributed by atoms with Crippen LogP contribution < -0.4 is 16.1 Å². The van der Waals surface area contributed by atoms with Gasteiger partial charge in [0.1, 0.15) is 5.65 Å². The number of hydrogen-bond acceptors (Lipinski definition) is 6. The molecule has 4 rings (SSSR count). The lowest BCUT2D eigenvalue weighted by molar-refractivity contribution is 0.0982. The van der Waals surface area contributed by atoms with Gasteiger partial charge in [-0.15, -0.1) is 0 Å². The van der Waals surface area contributed by atoms with Crippen molar-refractivity contribution in [2.45, 2.75) is 6.92 Å². The highest BCUT2D eigenvalue weighted by Gasteiger charge is 2.34. The van der Waals surface area contributed by atoms with Crippen LogP contribution in [0, 0.1) is 6.92 Å². The quantitative estimate of drug-likeness (QED) is 0.655. The fourth-order valence-corrected chi connectivity index (χ4v) is 3.66. The summed E-state index contributed by atoms with van der Waals surface area (Å²) >= 11 is 0. The minimum absolute atomic E-state index is 0.00101.